The van der Waals surface area contributed by atoms with Gasteiger partial charge < -0.3 is 19.1 Å². The molecule has 6 nitrogen and oxygen atoms in total. The summed E-state index contributed by atoms with van der Waals surface area (Å²) < 4.78 is 15.3. The van der Waals surface area contributed by atoms with Gasteiger partial charge in [0.15, 0.2) is 11.5 Å². The first-order chi connectivity index (χ1) is 8.65. The van der Waals surface area contributed by atoms with Crippen molar-refractivity contribution in [2.45, 2.75) is 13.0 Å². The van der Waals surface area contributed by atoms with E-state index < -0.39 is 6.10 Å². The minimum atomic E-state index is -0.786. The van der Waals surface area contributed by atoms with Crippen LogP contribution in [0.5, 0.6) is 11.5 Å². The van der Waals surface area contributed by atoms with E-state index in [2.05, 4.69) is 10.1 Å². The molecule has 1 aromatic carbocycles. The SMILES string of the molecule is COc1ccc(-c2noc(C(C)O)n2)cc1OC. The van der Waals surface area contributed by atoms with Crippen molar-refractivity contribution in [2.75, 3.05) is 14.2 Å². The highest BCUT2D eigenvalue weighted by atomic mass is 16.5. The van der Waals surface area contributed by atoms with Crippen LogP contribution in [0.3, 0.4) is 0 Å². The molecule has 0 fully saturated rings. The fourth-order valence-electron chi connectivity index (χ4n) is 1.50. The molecule has 0 saturated carbocycles. The maximum Gasteiger partial charge on any atom is 0.255 e. The number of methoxy groups -OCH3 is 2. The summed E-state index contributed by atoms with van der Waals surface area (Å²) in [7, 11) is 3.12. The Bertz CT molecular complexity index is 537. The van der Waals surface area contributed by atoms with Crippen molar-refractivity contribution in [1.29, 1.82) is 0 Å². The van der Waals surface area contributed by atoms with Gasteiger partial charge in [0.25, 0.3) is 5.89 Å². The molecule has 0 radical (unpaired) electrons. The van der Waals surface area contributed by atoms with Gasteiger partial charge in [0.05, 0.1) is 14.2 Å². The van der Waals surface area contributed by atoms with Gasteiger partial charge in [-0.25, -0.2) is 0 Å². The summed E-state index contributed by atoms with van der Waals surface area (Å²) in [6, 6.07) is 5.29. The van der Waals surface area contributed by atoms with Crippen LogP contribution in [0.25, 0.3) is 11.4 Å². The van der Waals surface area contributed by atoms with Crippen LogP contribution < -0.4 is 9.47 Å². The topological polar surface area (TPSA) is 77.6 Å². The van der Waals surface area contributed by atoms with Crippen LogP contribution >= 0.6 is 0 Å². The van der Waals surface area contributed by atoms with Crippen molar-refractivity contribution in [3.63, 3.8) is 0 Å². The number of rotatable bonds is 4. The van der Waals surface area contributed by atoms with Gasteiger partial charge >= 0.3 is 0 Å². The van der Waals surface area contributed by atoms with Crippen LogP contribution in [-0.4, -0.2) is 29.5 Å². The van der Waals surface area contributed by atoms with Crippen LogP contribution in [0.2, 0.25) is 0 Å². The van der Waals surface area contributed by atoms with Gasteiger partial charge in [0, 0.05) is 5.56 Å². The molecule has 1 heterocycles. The molecular weight excluding hydrogens is 236 g/mol. The lowest BCUT2D eigenvalue weighted by Gasteiger charge is -2.07. The summed E-state index contributed by atoms with van der Waals surface area (Å²) in [5, 5.41) is 13.1. The third-order valence-corrected chi connectivity index (χ3v) is 2.44. The van der Waals surface area contributed by atoms with E-state index in [1.807, 2.05) is 0 Å². The minimum absolute atomic E-state index is 0.180. The van der Waals surface area contributed by atoms with E-state index >= 15 is 0 Å². The van der Waals surface area contributed by atoms with Crippen LogP contribution in [-0.2, 0) is 0 Å². The first-order valence-corrected chi connectivity index (χ1v) is 5.39. The van der Waals surface area contributed by atoms with E-state index in [9.17, 15) is 5.11 Å². The highest BCUT2D eigenvalue weighted by Gasteiger charge is 2.14. The summed E-state index contributed by atoms with van der Waals surface area (Å²) >= 11 is 0. The van der Waals surface area contributed by atoms with Crippen LogP contribution in [0.1, 0.15) is 18.9 Å². The number of aliphatic hydroxyl groups is 1. The van der Waals surface area contributed by atoms with Gasteiger partial charge in [-0.05, 0) is 25.1 Å². The standard InChI is InChI=1S/C12H14N2O4/c1-7(15)12-13-11(14-18-12)8-4-5-9(16-2)10(6-8)17-3/h4-7,15H,1-3H3. The zero-order valence-corrected chi connectivity index (χ0v) is 10.4. The van der Waals surface area contributed by atoms with Gasteiger partial charge in [-0.3, -0.25) is 0 Å². The number of aliphatic hydroxyl groups excluding tert-OH is 1. The molecule has 18 heavy (non-hydrogen) atoms. The maximum atomic E-state index is 9.33. The largest absolute Gasteiger partial charge is 0.493 e. The molecule has 0 aliphatic carbocycles. The highest BCUT2D eigenvalue weighted by Crippen LogP contribution is 2.31. The van der Waals surface area contributed by atoms with Gasteiger partial charge in [0.1, 0.15) is 6.10 Å². The average Bonchev–Trinajstić information content (AvgIpc) is 2.87. The average molecular weight is 250 g/mol. The number of hydrogen-bond donors (Lipinski definition) is 1. The van der Waals surface area contributed by atoms with Crippen molar-refractivity contribution in [1.82, 2.24) is 10.1 Å². The normalized spacial score (nSPS) is 12.2. The molecule has 1 aromatic heterocycles. The van der Waals surface area contributed by atoms with Crippen molar-refractivity contribution in [2.24, 2.45) is 0 Å². The van der Waals surface area contributed by atoms with Gasteiger partial charge in [-0.1, -0.05) is 5.16 Å². The zero-order valence-electron chi connectivity index (χ0n) is 10.4. The molecule has 2 rings (SSSR count). The zero-order chi connectivity index (χ0) is 13.1. The lowest BCUT2D eigenvalue weighted by Crippen LogP contribution is -1.92. The van der Waals surface area contributed by atoms with Crippen molar-refractivity contribution in [3.8, 4) is 22.9 Å². The van der Waals surface area contributed by atoms with Crippen molar-refractivity contribution >= 4 is 0 Å². The van der Waals surface area contributed by atoms with Crippen molar-refractivity contribution < 1.29 is 19.1 Å². The predicted octanol–water partition coefficient (Wildman–Crippen LogP) is 1.81. The second-order valence-electron chi connectivity index (χ2n) is 3.70. The molecule has 2 aromatic rings. The molecule has 96 valence electrons. The number of benzene rings is 1. The van der Waals surface area contributed by atoms with E-state index in [4.69, 9.17) is 14.0 Å². The lowest BCUT2D eigenvalue weighted by atomic mass is 10.2. The van der Waals surface area contributed by atoms with Gasteiger partial charge in [0.2, 0.25) is 5.82 Å². The quantitative estimate of drug-likeness (QED) is 0.891. The monoisotopic (exact) mass is 250 g/mol. The van der Waals surface area contributed by atoms with E-state index in [1.165, 1.54) is 0 Å². The Morgan fingerprint density at radius 3 is 2.50 bits per heavy atom. The molecule has 6 heteroatoms. The molecule has 0 amide bonds. The van der Waals surface area contributed by atoms with E-state index in [1.54, 1.807) is 39.3 Å². The Balaban J connectivity index is 2.38. The molecule has 0 aliphatic heterocycles. The smallest absolute Gasteiger partial charge is 0.255 e. The van der Waals surface area contributed by atoms with Crippen LogP contribution in [0, 0.1) is 0 Å². The highest BCUT2D eigenvalue weighted by molar-refractivity contribution is 5.60. The lowest BCUT2D eigenvalue weighted by molar-refractivity contribution is 0.152. The maximum absolute atomic E-state index is 9.33. The fourth-order valence-corrected chi connectivity index (χ4v) is 1.50. The summed E-state index contributed by atoms with van der Waals surface area (Å²) in [5.41, 5.74) is 0.725. The Kier molecular flexibility index (Phi) is 3.47. The third kappa shape index (κ3) is 2.28. The number of aromatic nitrogens is 2. The Hall–Kier alpha value is -2.08. The fraction of sp³-hybridized carbons (Fsp3) is 0.333. The second-order valence-corrected chi connectivity index (χ2v) is 3.70. The van der Waals surface area contributed by atoms with Gasteiger partial charge in [-0.2, -0.15) is 4.98 Å². The van der Waals surface area contributed by atoms with E-state index in [-0.39, 0.29) is 5.89 Å². The summed E-state index contributed by atoms with van der Waals surface area (Å²) in [6.45, 7) is 1.56. The number of hydrogen-bond acceptors (Lipinski definition) is 6. The molecule has 0 saturated heterocycles. The molecular formula is C12H14N2O4. The molecule has 1 unspecified atom stereocenters. The second kappa shape index (κ2) is 5.05. The molecule has 0 bridgehead atoms. The molecule has 1 atom stereocenters. The molecule has 1 N–H and O–H groups in total. The Morgan fingerprint density at radius 2 is 1.94 bits per heavy atom. The number of nitrogens with zero attached hydrogens (tertiary/aromatic N) is 2. The minimum Gasteiger partial charge on any atom is -0.493 e. The first kappa shape index (κ1) is 12.4. The Labute approximate surface area is 104 Å². The van der Waals surface area contributed by atoms with E-state index in [0.29, 0.717) is 17.3 Å². The van der Waals surface area contributed by atoms with Gasteiger partial charge in [-0.15, -0.1) is 0 Å². The predicted molar refractivity (Wildman–Crippen MR) is 63.5 cm³/mol. The summed E-state index contributed by atoms with van der Waals surface area (Å²) in [5.74, 6) is 1.78. The number of ether oxygens (including phenoxy) is 2. The van der Waals surface area contributed by atoms with E-state index in [0.717, 1.165) is 5.56 Å². The molecule has 0 aliphatic rings. The summed E-state index contributed by atoms with van der Waals surface area (Å²) in [4.78, 5) is 4.09. The van der Waals surface area contributed by atoms with Crippen LogP contribution in [0.4, 0.5) is 0 Å². The third-order valence-electron chi connectivity index (χ3n) is 2.44. The summed E-state index contributed by atoms with van der Waals surface area (Å²) in [6.07, 6.45) is -0.786. The first-order valence-electron chi connectivity index (χ1n) is 5.39. The van der Waals surface area contributed by atoms with Crippen LogP contribution in [0.15, 0.2) is 22.7 Å². The molecule has 0 spiro atoms. The Morgan fingerprint density at radius 1 is 1.22 bits per heavy atom. The van der Waals surface area contributed by atoms with Crippen molar-refractivity contribution in [3.05, 3.63) is 24.1 Å².